The number of carbonyl (C=O) groups is 1. The average Bonchev–Trinajstić information content (AvgIpc) is 3.22. The van der Waals surface area contributed by atoms with Crippen LogP contribution in [-0.4, -0.2) is 80.5 Å². The summed E-state index contributed by atoms with van der Waals surface area (Å²) in [6.07, 6.45) is 5.19. The molecule has 0 spiro atoms. The lowest BCUT2D eigenvalue weighted by Gasteiger charge is -2.47. The first-order valence-corrected chi connectivity index (χ1v) is 8.59. The van der Waals surface area contributed by atoms with E-state index in [1.165, 1.54) is 0 Å². The number of hydrogen-bond acceptors (Lipinski definition) is 6. The lowest BCUT2D eigenvalue weighted by molar-refractivity contribution is -0.105. The third-order valence-corrected chi connectivity index (χ3v) is 5.06. The quantitative estimate of drug-likeness (QED) is 0.753. The Hall–Kier alpha value is -2.23. The molecule has 26 heavy (non-hydrogen) atoms. The number of ether oxygens (including phenoxy) is 1. The Morgan fingerprint density at radius 2 is 2.15 bits per heavy atom. The number of aliphatic hydroxyl groups excluding tert-OH is 1. The van der Waals surface area contributed by atoms with Gasteiger partial charge in [0.2, 0.25) is 0 Å². The van der Waals surface area contributed by atoms with E-state index in [0.717, 1.165) is 5.56 Å². The standard InChI is InChI=1S/C17H26N6O3/c1-12-8-26-11-17(10-24,23(12)4)9-18-16(25)14-7-22(3)20-15(14)13-5-19-21(2)6-13/h5-7,12,24H,8-11H2,1-4H3,(H,18,25)/t12-,17+/m1/s1. The van der Waals surface area contributed by atoms with Crippen LogP contribution in [0.5, 0.6) is 0 Å². The first-order valence-electron chi connectivity index (χ1n) is 8.59. The molecule has 1 saturated heterocycles. The number of aryl methyl sites for hydroxylation is 2. The van der Waals surface area contributed by atoms with E-state index in [9.17, 15) is 9.90 Å². The van der Waals surface area contributed by atoms with Crippen LogP contribution in [-0.2, 0) is 18.8 Å². The molecule has 3 rings (SSSR count). The normalized spacial score (nSPS) is 24.0. The number of amides is 1. The second kappa shape index (κ2) is 7.18. The van der Waals surface area contributed by atoms with Crippen molar-refractivity contribution in [2.24, 2.45) is 14.1 Å². The van der Waals surface area contributed by atoms with Crippen molar-refractivity contribution < 1.29 is 14.6 Å². The highest BCUT2D eigenvalue weighted by atomic mass is 16.5. The molecule has 2 N–H and O–H groups in total. The van der Waals surface area contributed by atoms with Gasteiger partial charge in [-0.2, -0.15) is 10.2 Å². The van der Waals surface area contributed by atoms with Gasteiger partial charge < -0.3 is 15.2 Å². The maximum absolute atomic E-state index is 12.8. The molecule has 0 radical (unpaired) electrons. The number of rotatable bonds is 5. The number of aliphatic hydroxyl groups is 1. The number of nitrogens with one attached hydrogen (secondary N) is 1. The van der Waals surface area contributed by atoms with Crippen LogP contribution in [0.4, 0.5) is 0 Å². The van der Waals surface area contributed by atoms with Gasteiger partial charge in [0.1, 0.15) is 5.69 Å². The van der Waals surface area contributed by atoms with Crippen LogP contribution in [0.15, 0.2) is 18.6 Å². The number of nitrogens with zero attached hydrogens (tertiary/aromatic N) is 5. The van der Waals surface area contributed by atoms with Crippen LogP contribution in [0.1, 0.15) is 17.3 Å². The second-order valence-corrected chi connectivity index (χ2v) is 7.01. The van der Waals surface area contributed by atoms with Crippen molar-refractivity contribution in [2.75, 3.05) is 33.4 Å². The summed E-state index contributed by atoms with van der Waals surface area (Å²) in [5.74, 6) is -0.239. The van der Waals surface area contributed by atoms with Crippen molar-refractivity contribution in [3.05, 3.63) is 24.2 Å². The number of morpholine rings is 1. The van der Waals surface area contributed by atoms with Gasteiger partial charge in [0.05, 0.1) is 37.1 Å². The summed E-state index contributed by atoms with van der Waals surface area (Å²) in [5, 5.41) is 21.4. The van der Waals surface area contributed by atoms with Gasteiger partial charge in [0.15, 0.2) is 0 Å². The minimum atomic E-state index is -0.635. The van der Waals surface area contributed by atoms with Gasteiger partial charge >= 0.3 is 0 Å². The highest BCUT2D eigenvalue weighted by Crippen LogP contribution is 2.23. The van der Waals surface area contributed by atoms with E-state index in [1.807, 2.05) is 27.2 Å². The number of aromatic nitrogens is 4. The second-order valence-electron chi connectivity index (χ2n) is 7.01. The largest absolute Gasteiger partial charge is 0.394 e. The van der Waals surface area contributed by atoms with Crippen molar-refractivity contribution >= 4 is 5.91 Å². The van der Waals surface area contributed by atoms with Crippen LogP contribution in [0, 0.1) is 0 Å². The Bertz CT molecular complexity index is 785. The molecule has 1 aliphatic rings. The fourth-order valence-corrected chi connectivity index (χ4v) is 3.24. The molecule has 9 heteroatoms. The van der Waals surface area contributed by atoms with Gasteiger partial charge in [0.25, 0.3) is 5.91 Å². The monoisotopic (exact) mass is 362 g/mol. The van der Waals surface area contributed by atoms with Crippen molar-refractivity contribution in [1.29, 1.82) is 0 Å². The lowest BCUT2D eigenvalue weighted by atomic mass is 9.96. The summed E-state index contributed by atoms with van der Waals surface area (Å²) in [5.41, 5.74) is 1.20. The van der Waals surface area contributed by atoms with Crippen molar-refractivity contribution in [2.45, 2.75) is 18.5 Å². The summed E-state index contributed by atoms with van der Waals surface area (Å²) in [4.78, 5) is 14.9. The van der Waals surface area contributed by atoms with Gasteiger partial charge in [-0.3, -0.25) is 19.1 Å². The van der Waals surface area contributed by atoms with E-state index in [4.69, 9.17) is 4.74 Å². The molecular formula is C17H26N6O3. The zero-order chi connectivity index (χ0) is 18.9. The SMILES string of the molecule is C[C@@H]1COC[C@@](CO)(CNC(=O)c2cn(C)nc2-c2cnn(C)c2)N1C. The zero-order valence-corrected chi connectivity index (χ0v) is 15.6. The molecule has 2 atom stereocenters. The Morgan fingerprint density at radius 1 is 1.38 bits per heavy atom. The molecule has 2 aromatic heterocycles. The summed E-state index contributed by atoms with van der Waals surface area (Å²) in [7, 11) is 5.54. The van der Waals surface area contributed by atoms with E-state index in [0.29, 0.717) is 24.5 Å². The summed E-state index contributed by atoms with van der Waals surface area (Å²) >= 11 is 0. The third kappa shape index (κ3) is 3.37. The Balaban J connectivity index is 1.78. The molecule has 1 aliphatic heterocycles. The Kier molecular flexibility index (Phi) is 5.12. The molecule has 0 saturated carbocycles. The number of likely N-dealkylation sites (N-methyl/N-ethyl adjacent to an activating group) is 1. The molecule has 0 unspecified atom stereocenters. The summed E-state index contributed by atoms with van der Waals surface area (Å²) < 4.78 is 8.89. The molecule has 0 aliphatic carbocycles. The maximum atomic E-state index is 12.8. The fraction of sp³-hybridized carbons (Fsp3) is 0.588. The van der Waals surface area contributed by atoms with E-state index in [-0.39, 0.29) is 25.1 Å². The molecule has 9 nitrogen and oxygen atoms in total. The summed E-state index contributed by atoms with van der Waals surface area (Å²) in [6, 6.07) is 0.164. The Morgan fingerprint density at radius 3 is 2.81 bits per heavy atom. The zero-order valence-electron chi connectivity index (χ0n) is 15.6. The fourth-order valence-electron chi connectivity index (χ4n) is 3.24. The van der Waals surface area contributed by atoms with Crippen molar-refractivity contribution in [3.63, 3.8) is 0 Å². The van der Waals surface area contributed by atoms with Crippen LogP contribution >= 0.6 is 0 Å². The maximum Gasteiger partial charge on any atom is 0.255 e. The highest BCUT2D eigenvalue weighted by Gasteiger charge is 2.40. The predicted molar refractivity (Wildman–Crippen MR) is 95.6 cm³/mol. The molecule has 142 valence electrons. The Labute approximate surface area is 152 Å². The topological polar surface area (TPSA) is 97.4 Å². The molecule has 0 bridgehead atoms. The number of hydrogen-bond donors (Lipinski definition) is 2. The average molecular weight is 362 g/mol. The van der Waals surface area contributed by atoms with Crippen LogP contribution in [0.2, 0.25) is 0 Å². The van der Waals surface area contributed by atoms with Gasteiger partial charge in [-0.05, 0) is 14.0 Å². The first-order chi connectivity index (χ1) is 12.4. The minimum absolute atomic E-state index is 0.101. The van der Waals surface area contributed by atoms with E-state index >= 15 is 0 Å². The van der Waals surface area contributed by atoms with Crippen molar-refractivity contribution in [1.82, 2.24) is 29.8 Å². The van der Waals surface area contributed by atoms with Crippen molar-refractivity contribution in [3.8, 4) is 11.3 Å². The smallest absolute Gasteiger partial charge is 0.255 e. The molecule has 1 fully saturated rings. The van der Waals surface area contributed by atoms with Crippen LogP contribution < -0.4 is 5.32 Å². The number of carbonyl (C=O) groups excluding carboxylic acids is 1. The van der Waals surface area contributed by atoms with Gasteiger partial charge in [0, 0.05) is 44.6 Å². The van der Waals surface area contributed by atoms with Gasteiger partial charge in [-0.15, -0.1) is 0 Å². The van der Waals surface area contributed by atoms with E-state index in [1.54, 1.807) is 28.8 Å². The van der Waals surface area contributed by atoms with Crippen LogP contribution in [0.3, 0.4) is 0 Å². The minimum Gasteiger partial charge on any atom is -0.394 e. The molecule has 3 heterocycles. The lowest BCUT2D eigenvalue weighted by Crippen LogP contribution is -2.65. The molecule has 2 aromatic rings. The van der Waals surface area contributed by atoms with Gasteiger partial charge in [-0.25, -0.2) is 0 Å². The highest BCUT2D eigenvalue weighted by molar-refractivity contribution is 5.99. The summed E-state index contributed by atoms with van der Waals surface area (Å²) in [6.45, 7) is 3.20. The molecular weight excluding hydrogens is 336 g/mol. The van der Waals surface area contributed by atoms with Crippen LogP contribution in [0.25, 0.3) is 11.3 Å². The predicted octanol–water partition coefficient (Wildman–Crippen LogP) is -0.368. The first kappa shape index (κ1) is 18.6. The van der Waals surface area contributed by atoms with E-state index < -0.39 is 5.54 Å². The molecule has 1 amide bonds. The van der Waals surface area contributed by atoms with E-state index in [2.05, 4.69) is 20.4 Å². The third-order valence-electron chi connectivity index (χ3n) is 5.06. The van der Waals surface area contributed by atoms with Gasteiger partial charge in [-0.1, -0.05) is 0 Å². The molecule has 0 aromatic carbocycles.